The zero-order valence-electron chi connectivity index (χ0n) is 12.1. The molecule has 0 radical (unpaired) electrons. The summed E-state index contributed by atoms with van der Waals surface area (Å²) in [5.41, 5.74) is 0.835. The van der Waals surface area contributed by atoms with E-state index in [4.69, 9.17) is 9.47 Å². The summed E-state index contributed by atoms with van der Waals surface area (Å²) in [5.74, 6) is 0.284. The van der Waals surface area contributed by atoms with Gasteiger partial charge in [-0.1, -0.05) is 26.0 Å². The molecule has 4 heteroatoms. The van der Waals surface area contributed by atoms with Gasteiger partial charge in [0.2, 0.25) is 0 Å². The minimum absolute atomic E-state index is 0.352. The standard InChI is InChI=1S/C16H20O4/c1-12(2)10-11-19-16(18)9-6-14-4-7-15(8-5-14)20-13(3)17/h4-9,12H,10-11H2,1-3H3/b9-6+. The van der Waals surface area contributed by atoms with Crippen LogP contribution in [0, 0.1) is 5.92 Å². The molecule has 4 nitrogen and oxygen atoms in total. The molecule has 1 rings (SSSR count). The number of hydrogen-bond donors (Lipinski definition) is 0. The second-order valence-electron chi connectivity index (χ2n) is 4.85. The summed E-state index contributed by atoms with van der Waals surface area (Å²) in [7, 11) is 0. The minimum atomic E-state index is -0.359. The summed E-state index contributed by atoms with van der Waals surface area (Å²) in [4.78, 5) is 22.2. The van der Waals surface area contributed by atoms with Crippen molar-refractivity contribution in [2.45, 2.75) is 27.2 Å². The molecule has 0 aromatic heterocycles. The molecule has 20 heavy (non-hydrogen) atoms. The van der Waals surface area contributed by atoms with E-state index in [0.717, 1.165) is 12.0 Å². The third kappa shape index (κ3) is 6.73. The minimum Gasteiger partial charge on any atom is -0.463 e. The number of ether oxygens (including phenoxy) is 2. The number of carbonyl (C=O) groups excluding carboxylic acids is 2. The van der Waals surface area contributed by atoms with Crippen LogP contribution in [-0.4, -0.2) is 18.5 Å². The molecule has 0 unspecified atom stereocenters. The zero-order chi connectivity index (χ0) is 15.0. The largest absolute Gasteiger partial charge is 0.463 e. The summed E-state index contributed by atoms with van der Waals surface area (Å²) in [6, 6.07) is 6.86. The van der Waals surface area contributed by atoms with E-state index in [2.05, 4.69) is 13.8 Å². The first kappa shape index (κ1) is 16.0. The highest BCUT2D eigenvalue weighted by atomic mass is 16.5. The van der Waals surface area contributed by atoms with Crippen LogP contribution >= 0.6 is 0 Å². The van der Waals surface area contributed by atoms with Crippen molar-refractivity contribution >= 4 is 18.0 Å². The van der Waals surface area contributed by atoms with Gasteiger partial charge >= 0.3 is 11.9 Å². The van der Waals surface area contributed by atoms with Crippen molar-refractivity contribution in [1.29, 1.82) is 0 Å². The van der Waals surface area contributed by atoms with Crippen LogP contribution in [0.5, 0.6) is 5.75 Å². The van der Waals surface area contributed by atoms with Crippen LogP contribution in [0.3, 0.4) is 0 Å². The lowest BCUT2D eigenvalue weighted by Gasteiger charge is -2.04. The van der Waals surface area contributed by atoms with E-state index in [1.165, 1.54) is 13.0 Å². The number of hydrogen-bond acceptors (Lipinski definition) is 4. The first-order valence-electron chi connectivity index (χ1n) is 6.60. The Bertz CT molecular complexity index is 472. The van der Waals surface area contributed by atoms with Crippen LogP contribution in [0.1, 0.15) is 32.8 Å². The van der Waals surface area contributed by atoms with Gasteiger partial charge in [0, 0.05) is 13.0 Å². The average Bonchev–Trinajstić information content (AvgIpc) is 2.37. The summed E-state index contributed by atoms with van der Waals surface area (Å²) >= 11 is 0. The fourth-order valence-electron chi connectivity index (χ4n) is 1.42. The van der Waals surface area contributed by atoms with Gasteiger partial charge in [0.05, 0.1) is 6.61 Å². The summed E-state index contributed by atoms with van der Waals surface area (Å²) in [6.07, 6.45) is 3.91. The van der Waals surface area contributed by atoms with Gasteiger partial charge in [0.25, 0.3) is 0 Å². The van der Waals surface area contributed by atoms with E-state index in [0.29, 0.717) is 18.3 Å². The van der Waals surface area contributed by atoms with E-state index in [1.807, 2.05) is 0 Å². The number of rotatable bonds is 6. The van der Waals surface area contributed by atoms with E-state index in [1.54, 1.807) is 30.3 Å². The first-order valence-corrected chi connectivity index (χ1v) is 6.60. The van der Waals surface area contributed by atoms with E-state index in [-0.39, 0.29) is 11.9 Å². The summed E-state index contributed by atoms with van der Waals surface area (Å²) in [6.45, 7) is 5.94. The topological polar surface area (TPSA) is 52.6 Å². The van der Waals surface area contributed by atoms with Crippen LogP contribution in [0.25, 0.3) is 6.08 Å². The van der Waals surface area contributed by atoms with Crippen molar-refractivity contribution in [3.63, 3.8) is 0 Å². The molecule has 108 valence electrons. The monoisotopic (exact) mass is 276 g/mol. The van der Waals surface area contributed by atoms with Gasteiger partial charge in [-0.2, -0.15) is 0 Å². The molecule has 0 amide bonds. The number of benzene rings is 1. The van der Waals surface area contributed by atoms with E-state index in [9.17, 15) is 9.59 Å². The van der Waals surface area contributed by atoms with Crippen molar-refractivity contribution in [3.05, 3.63) is 35.9 Å². The summed E-state index contributed by atoms with van der Waals surface area (Å²) in [5, 5.41) is 0. The molecule has 1 aromatic rings. The molecule has 0 heterocycles. The Morgan fingerprint density at radius 2 is 1.85 bits per heavy atom. The highest BCUT2D eigenvalue weighted by molar-refractivity contribution is 5.87. The van der Waals surface area contributed by atoms with E-state index >= 15 is 0 Å². The van der Waals surface area contributed by atoms with Crippen molar-refractivity contribution < 1.29 is 19.1 Å². The van der Waals surface area contributed by atoms with Gasteiger partial charge in [0.1, 0.15) is 5.75 Å². The van der Waals surface area contributed by atoms with Gasteiger partial charge in [0.15, 0.2) is 0 Å². The Balaban J connectivity index is 2.45. The van der Waals surface area contributed by atoms with Crippen LogP contribution in [0.2, 0.25) is 0 Å². The molecule has 0 atom stereocenters. The molecule has 0 saturated carbocycles. The molecule has 0 fully saturated rings. The van der Waals surface area contributed by atoms with Gasteiger partial charge < -0.3 is 9.47 Å². The SMILES string of the molecule is CC(=O)Oc1ccc(/C=C/C(=O)OCCC(C)C)cc1. The predicted octanol–water partition coefficient (Wildman–Crippen LogP) is 3.21. The van der Waals surface area contributed by atoms with Crippen LogP contribution in [0.15, 0.2) is 30.3 Å². The molecular formula is C16H20O4. The predicted molar refractivity (Wildman–Crippen MR) is 77.2 cm³/mol. The van der Waals surface area contributed by atoms with Crippen LogP contribution < -0.4 is 4.74 Å². The molecule has 0 bridgehead atoms. The van der Waals surface area contributed by atoms with Crippen molar-refractivity contribution in [3.8, 4) is 5.75 Å². The lowest BCUT2D eigenvalue weighted by Crippen LogP contribution is -2.04. The second-order valence-corrected chi connectivity index (χ2v) is 4.85. The molecular weight excluding hydrogens is 256 g/mol. The summed E-state index contributed by atoms with van der Waals surface area (Å²) < 4.78 is 9.97. The maximum atomic E-state index is 11.4. The maximum absolute atomic E-state index is 11.4. The lowest BCUT2D eigenvalue weighted by molar-refractivity contribution is -0.138. The fraction of sp³-hybridized carbons (Fsp3) is 0.375. The van der Waals surface area contributed by atoms with Crippen LogP contribution in [0.4, 0.5) is 0 Å². The number of carbonyl (C=O) groups is 2. The third-order valence-corrected chi connectivity index (χ3v) is 2.49. The average molecular weight is 276 g/mol. The molecule has 0 aliphatic carbocycles. The fourth-order valence-corrected chi connectivity index (χ4v) is 1.42. The molecule has 0 aliphatic heterocycles. The Kier molecular flexibility index (Phi) is 6.50. The molecule has 0 aliphatic rings. The molecule has 0 spiro atoms. The van der Waals surface area contributed by atoms with Crippen molar-refractivity contribution in [2.75, 3.05) is 6.61 Å². The first-order chi connectivity index (χ1) is 9.47. The lowest BCUT2D eigenvalue weighted by atomic mass is 10.1. The highest BCUT2D eigenvalue weighted by Gasteiger charge is 2.00. The smallest absolute Gasteiger partial charge is 0.330 e. The van der Waals surface area contributed by atoms with Gasteiger partial charge in [-0.25, -0.2) is 4.79 Å². The third-order valence-electron chi connectivity index (χ3n) is 2.49. The molecule has 0 N–H and O–H groups in total. The normalized spacial score (nSPS) is 10.8. The highest BCUT2D eigenvalue weighted by Crippen LogP contribution is 2.13. The van der Waals surface area contributed by atoms with Gasteiger partial charge in [-0.05, 0) is 36.1 Å². The molecule has 1 aromatic carbocycles. The molecule has 0 saturated heterocycles. The van der Waals surface area contributed by atoms with Crippen LogP contribution in [-0.2, 0) is 14.3 Å². The maximum Gasteiger partial charge on any atom is 0.330 e. The van der Waals surface area contributed by atoms with Gasteiger partial charge in [-0.15, -0.1) is 0 Å². The Morgan fingerprint density at radius 3 is 2.40 bits per heavy atom. The Hall–Kier alpha value is -2.10. The van der Waals surface area contributed by atoms with Crippen molar-refractivity contribution in [1.82, 2.24) is 0 Å². The number of esters is 2. The van der Waals surface area contributed by atoms with E-state index < -0.39 is 0 Å². The second kappa shape index (κ2) is 8.15. The zero-order valence-corrected chi connectivity index (χ0v) is 12.1. The van der Waals surface area contributed by atoms with Gasteiger partial charge in [-0.3, -0.25) is 4.79 Å². The van der Waals surface area contributed by atoms with Crippen molar-refractivity contribution in [2.24, 2.45) is 5.92 Å². The Morgan fingerprint density at radius 1 is 1.20 bits per heavy atom. The quantitative estimate of drug-likeness (QED) is 0.455. The Labute approximate surface area is 119 Å².